The molecule has 0 aliphatic carbocycles. The Hall–Kier alpha value is -3.13. The van der Waals surface area contributed by atoms with Gasteiger partial charge in [-0.3, -0.25) is 9.59 Å². The molecule has 0 unspecified atom stereocenters. The molecule has 1 fully saturated rings. The molecule has 8 nitrogen and oxygen atoms in total. The van der Waals surface area contributed by atoms with Gasteiger partial charge < -0.3 is 24.0 Å². The van der Waals surface area contributed by atoms with E-state index in [-0.39, 0.29) is 17.2 Å². The van der Waals surface area contributed by atoms with Gasteiger partial charge in [-0.25, -0.2) is 4.98 Å². The monoisotopic (exact) mass is 481 g/mol. The molecule has 1 aromatic carbocycles. The zero-order valence-electron chi connectivity index (χ0n) is 20.7. The van der Waals surface area contributed by atoms with Crippen molar-refractivity contribution in [3.63, 3.8) is 0 Å². The van der Waals surface area contributed by atoms with E-state index in [9.17, 15) is 9.59 Å². The first kappa shape index (κ1) is 25.0. The Morgan fingerprint density at radius 2 is 1.83 bits per heavy atom. The van der Waals surface area contributed by atoms with E-state index >= 15 is 0 Å². The van der Waals surface area contributed by atoms with Crippen molar-refractivity contribution in [1.29, 1.82) is 0 Å². The molecule has 2 amide bonds. The van der Waals surface area contributed by atoms with Crippen LogP contribution in [-0.2, 0) is 4.74 Å². The third-order valence-corrected chi connectivity index (χ3v) is 7.12. The third-order valence-electron chi connectivity index (χ3n) is 7.12. The Balaban J connectivity index is 1.47. The Bertz CT molecular complexity index is 1000. The fraction of sp³-hybridized carbons (Fsp3) is 0.519. The van der Waals surface area contributed by atoms with Gasteiger partial charge in [0.25, 0.3) is 11.8 Å². The fourth-order valence-corrected chi connectivity index (χ4v) is 4.78. The van der Waals surface area contributed by atoms with Crippen molar-refractivity contribution in [1.82, 2.24) is 14.8 Å². The molecule has 1 spiro atoms. The summed E-state index contributed by atoms with van der Waals surface area (Å²) >= 11 is 0. The van der Waals surface area contributed by atoms with E-state index in [4.69, 9.17) is 14.2 Å². The number of rotatable bonds is 2. The van der Waals surface area contributed by atoms with E-state index in [1.54, 1.807) is 37.4 Å². The van der Waals surface area contributed by atoms with Gasteiger partial charge in [0.1, 0.15) is 5.75 Å². The van der Waals surface area contributed by atoms with Crippen molar-refractivity contribution in [2.24, 2.45) is 5.41 Å². The zero-order chi connectivity index (χ0) is 24.7. The quantitative estimate of drug-likeness (QED) is 0.651. The van der Waals surface area contributed by atoms with Crippen molar-refractivity contribution in [3.05, 3.63) is 53.7 Å². The van der Waals surface area contributed by atoms with Crippen LogP contribution in [0.4, 0.5) is 0 Å². The van der Waals surface area contributed by atoms with E-state index < -0.39 is 0 Å². The number of likely N-dealkylation sites (tertiary alicyclic amines) is 1. The van der Waals surface area contributed by atoms with Crippen LogP contribution in [0.1, 0.15) is 52.8 Å². The van der Waals surface area contributed by atoms with Gasteiger partial charge in [0.15, 0.2) is 0 Å². The molecular weight excluding hydrogens is 446 g/mol. The first-order chi connectivity index (χ1) is 17.0. The predicted molar refractivity (Wildman–Crippen MR) is 132 cm³/mol. The average Bonchev–Trinajstić information content (AvgIpc) is 2.90. The van der Waals surface area contributed by atoms with Gasteiger partial charge >= 0.3 is 0 Å². The van der Waals surface area contributed by atoms with Crippen LogP contribution in [-0.4, -0.2) is 80.2 Å². The number of hydrogen-bond acceptors (Lipinski definition) is 6. The molecule has 8 heteroatoms. The lowest BCUT2D eigenvalue weighted by atomic mass is 9.75. The largest absolute Gasteiger partial charge is 0.492 e. The maximum atomic E-state index is 13.0. The minimum atomic E-state index is -0.0659. The third kappa shape index (κ3) is 6.11. The van der Waals surface area contributed by atoms with E-state index in [1.165, 1.54) is 0 Å². The first-order valence-corrected chi connectivity index (χ1v) is 12.4. The molecule has 2 aliphatic rings. The molecule has 0 atom stereocenters. The van der Waals surface area contributed by atoms with Gasteiger partial charge in [0.2, 0.25) is 5.88 Å². The van der Waals surface area contributed by atoms with Crippen molar-refractivity contribution in [2.45, 2.75) is 32.1 Å². The van der Waals surface area contributed by atoms with Gasteiger partial charge in [-0.2, -0.15) is 0 Å². The number of hydrogen-bond donors (Lipinski definition) is 0. The number of piperidine rings is 1. The maximum absolute atomic E-state index is 13.0. The SMILES string of the molecule is COc1ccc(C(=O)N2CCC3(CCCCOCCN(C)C(=O)c4ccccc4OC3)CC2)cn1. The molecule has 3 heterocycles. The van der Waals surface area contributed by atoms with Crippen LogP contribution in [0.3, 0.4) is 0 Å². The molecule has 0 saturated carbocycles. The number of aromatic nitrogens is 1. The number of carbonyl (C=O) groups is 2. The highest BCUT2D eigenvalue weighted by Gasteiger charge is 2.37. The van der Waals surface area contributed by atoms with Crippen molar-refractivity contribution in [2.75, 3.05) is 53.6 Å². The molecule has 0 bridgehead atoms. The Morgan fingerprint density at radius 3 is 2.57 bits per heavy atom. The second-order valence-electron chi connectivity index (χ2n) is 9.46. The van der Waals surface area contributed by atoms with Crippen molar-refractivity contribution in [3.8, 4) is 11.6 Å². The second-order valence-corrected chi connectivity index (χ2v) is 9.46. The Morgan fingerprint density at radius 1 is 1.03 bits per heavy atom. The highest BCUT2D eigenvalue weighted by atomic mass is 16.5. The molecular formula is C27H35N3O5. The number of para-hydroxylation sites is 1. The summed E-state index contributed by atoms with van der Waals surface area (Å²) in [5, 5.41) is 0. The van der Waals surface area contributed by atoms with Crippen LogP contribution in [0.15, 0.2) is 42.6 Å². The maximum Gasteiger partial charge on any atom is 0.257 e. The van der Waals surface area contributed by atoms with Gasteiger partial charge in [-0.05, 0) is 43.9 Å². The summed E-state index contributed by atoms with van der Waals surface area (Å²) in [6.45, 7) is 3.60. The Labute approximate surface area is 207 Å². The summed E-state index contributed by atoms with van der Waals surface area (Å²) in [6.07, 6.45) is 6.27. The number of fused-ring (bicyclic) bond motifs is 1. The van der Waals surface area contributed by atoms with Crippen molar-refractivity contribution >= 4 is 11.8 Å². The number of pyridine rings is 1. The van der Waals surface area contributed by atoms with Gasteiger partial charge in [0.05, 0.1) is 31.5 Å². The lowest BCUT2D eigenvalue weighted by Gasteiger charge is -2.42. The molecule has 0 radical (unpaired) electrons. The highest BCUT2D eigenvalue weighted by Crippen LogP contribution is 2.38. The summed E-state index contributed by atoms with van der Waals surface area (Å²) < 4.78 is 17.2. The minimum absolute atomic E-state index is 0.0100. The van der Waals surface area contributed by atoms with Crippen LogP contribution in [0.25, 0.3) is 0 Å². The fourth-order valence-electron chi connectivity index (χ4n) is 4.78. The average molecular weight is 482 g/mol. The number of methoxy groups -OCH3 is 1. The normalized spacial score (nSPS) is 19.4. The van der Waals surface area contributed by atoms with Crippen LogP contribution < -0.4 is 9.47 Å². The predicted octanol–water partition coefficient (Wildman–Crippen LogP) is 3.66. The topological polar surface area (TPSA) is 81.2 Å². The number of nitrogens with zero attached hydrogens (tertiary/aromatic N) is 3. The molecule has 35 heavy (non-hydrogen) atoms. The molecule has 188 valence electrons. The zero-order valence-corrected chi connectivity index (χ0v) is 20.7. The molecule has 2 aliphatic heterocycles. The number of benzene rings is 1. The minimum Gasteiger partial charge on any atom is -0.492 e. The number of ether oxygens (including phenoxy) is 3. The Kier molecular flexibility index (Phi) is 8.23. The lowest BCUT2D eigenvalue weighted by Crippen LogP contribution is -2.45. The standard InChI is InChI=1S/C27H35N3O5/c1-29-16-18-34-17-6-5-11-27(20-35-23-8-4-3-7-22(23)26(29)32)12-14-30(15-13-27)25(31)21-9-10-24(33-2)28-19-21/h3-4,7-10,19H,5-6,11-18,20H2,1-2H3. The summed E-state index contributed by atoms with van der Waals surface area (Å²) in [4.78, 5) is 33.8. The van der Waals surface area contributed by atoms with Crippen LogP contribution in [0.5, 0.6) is 11.6 Å². The van der Waals surface area contributed by atoms with E-state index in [0.29, 0.717) is 62.2 Å². The van der Waals surface area contributed by atoms with Gasteiger partial charge in [0, 0.05) is 51.0 Å². The van der Waals surface area contributed by atoms with E-state index in [2.05, 4.69) is 4.98 Å². The van der Waals surface area contributed by atoms with E-state index in [0.717, 1.165) is 32.1 Å². The highest BCUT2D eigenvalue weighted by molar-refractivity contribution is 5.96. The van der Waals surface area contributed by atoms with Gasteiger partial charge in [-0.15, -0.1) is 0 Å². The number of carbonyl (C=O) groups excluding carboxylic acids is 2. The summed E-state index contributed by atoms with van der Waals surface area (Å²) in [7, 11) is 3.35. The molecule has 0 N–H and O–H groups in total. The molecule has 1 saturated heterocycles. The smallest absolute Gasteiger partial charge is 0.257 e. The molecule has 2 aromatic rings. The molecule has 1 aromatic heterocycles. The van der Waals surface area contributed by atoms with Crippen LogP contribution >= 0.6 is 0 Å². The lowest BCUT2D eigenvalue weighted by molar-refractivity contribution is 0.0328. The second kappa shape index (κ2) is 11.5. The van der Waals surface area contributed by atoms with Gasteiger partial charge in [-0.1, -0.05) is 18.6 Å². The van der Waals surface area contributed by atoms with E-state index in [1.807, 2.05) is 29.2 Å². The number of amides is 2. The number of likely N-dealkylation sites (N-methyl/N-ethyl adjacent to an activating group) is 1. The van der Waals surface area contributed by atoms with Crippen LogP contribution in [0, 0.1) is 5.41 Å². The summed E-state index contributed by atoms with van der Waals surface area (Å²) in [6, 6.07) is 10.9. The van der Waals surface area contributed by atoms with Crippen molar-refractivity contribution < 1.29 is 23.8 Å². The molecule has 4 rings (SSSR count). The van der Waals surface area contributed by atoms with Crippen LogP contribution in [0.2, 0.25) is 0 Å². The summed E-state index contributed by atoms with van der Waals surface area (Å²) in [5.74, 6) is 1.03. The summed E-state index contributed by atoms with van der Waals surface area (Å²) in [5.41, 5.74) is 1.08. The first-order valence-electron chi connectivity index (χ1n) is 12.4.